The predicted molar refractivity (Wildman–Crippen MR) is 85.1 cm³/mol. The Morgan fingerprint density at radius 1 is 1.55 bits per heavy atom. The van der Waals surface area contributed by atoms with Gasteiger partial charge in [-0.2, -0.15) is 5.10 Å². The number of anilines is 1. The summed E-state index contributed by atoms with van der Waals surface area (Å²) in [5.41, 5.74) is 3.47. The van der Waals surface area contributed by atoms with Gasteiger partial charge in [0.1, 0.15) is 0 Å². The molecular formula is C15H27N5O2. The number of piperidine rings is 1. The summed E-state index contributed by atoms with van der Waals surface area (Å²) in [4.78, 5) is 14.0. The molecule has 2 heterocycles. The maximum absolute atomic E-state index is 11.9. The number of rotatable bonds is 4. The van der Waals surface area contributed by atoms with Crippen LogP contribution in [0.15, 0.2) is 6.20 Å². The molecule has 124 valence electrons. The molecule has 1 aliphatic heterocycles. The molecule has 0 aliphatic carbocycles. The Morgan fingerprint density at radius 3 is 2.82 bits per heavy atom. The highest BCUT2D eigenvalue weighted by Gasteiger charge is 2.31. The zero-order chi connectivity index (χ0) is 16.5. The van der Waals surface area contributed by atoms with Crippen LogP contribution in [-0.2, 0) is 11.3 Å². The molecule has 2 atom stereocenters. The number of carbonyl (C=O) groups is 1. The highest BCUT2D eigenvalue weighted by molar-refractivity contribution is 5.79. The molecule has 22 heavy (non-hydrogen) atoms. The molecule has 0 bridgehead atoms. The molecule has 7 nitrogen and oxygen atoms in total. The van der Waals surface area contributed by atoms with E-state index in [1.807, 2.05) is 17.8 Å². The topological polar surface area (TPSA) is 96.4 Å². The Hall–Kier alpha value is -1.60. The molecule has 1 amide bonds. The Labute approximate surface area is 131 Å². The van der Waals surface area contributed by atoms with Gasteiger partial charge < -0.3 is 10.0 Å². The number of nitrogens with one attached hydrogen (secondary N) is 1. The molecule has 2 rings (SSSR count). The maximum Gasteiger partial charge on any atom is 0.238 e. The summed E-state index contributed by atoms with van der Waals surface area (Å²) in [5, 5.41) is 14.3. The van der Waals surface area contributed by atoms with Crippen molar-refractivity contribution >= 4 is 11.6 Å². The summed E-state index contributed by atoms with van der Waals surface area (Å²) < 4.78 is 1.81. The number of carbonyl (C=O) groups excluding carboxylic acids is 1. The van der Waals surface area contributed by atoms with E-state index in [2.05, 4.69) is 22.3 Å². The molecule has 0 aromatic carbocycles. The molecule has 4 N–H and O–H groups in total. The lowest BCUT2D eigenvalue weighted by Gasteiger charge is -2.36. The molecule has 0 spiro atoms. The summed E-state index contributed by atoms with van der Waals surface area (Å²) >= 11 is 0. The van der Waals surface area contributed by atoms with Crippen LogP contribution < -0.4 is 16.2 Å². The third-order valence-corrected chi connectivity index (χ3v) is 4.13. The second-order valence-electron chi connectivity index (χ2n) is 7.04. The van der Waals surface area contributed by atoms with Crippen LogP contribution in [0.3, 0.4) is 0 Å². The quantitative estimate of drug-likeness (QED) is 0.425. The molecule has 0 saturated carbocycles. The molecule has 0 radical (unpaired) electrons. The Kier molecular flexibility index (Phi) is 4.77. The average molecular weight is 309 g/mol. The molecule has 0 unspecified atom stereocenters. The van der Waals surface area contributed by atoms with Crippen molar-refractivity contribution in [2.75, 3.05) is 18.0 Å². The lowest BCUT2D eigenvalue weighted by molar-refractivity contribution is -0.125. The van der Waals surface area contributed by atoms with Gasteiger partial charge in [0.2, 0.25) is 5.91 Å². The van der Waals surface area contributed by atoms with Crippen LogP contribution in [0, 0.1) is 18.8 Å². The van der Waals surface area contributed by atoms with E-state index in [0.29, 0.717) is 19.0 Å². The van der Waals surface area contributed by atoms with Crippen molar-refractivity contribution in [1.29, 1.82) is 0 Å². The van der Waals surface area contributed by atoms with Crippen LogP contribution in [0.2, 0.25) is 0 Å². The van der Waals surface area contributed by atoms with Crippen LogP contribution in [0.25, 0.3) is 0 Å². The molecule has 1 fully saturated rings. The summed E-state index contributed by atoms with van der Waals surface area (Å²) in [5.74, 6) is 5.47. The minimum atomic E-state index is -0.814. The number of hydrazine groups is 1. The van der Waals surface area contributed by atoms with Gasteiger partial charge in [-0.25, -0.2) is 5.84 Å². The lowest BCUT2D eigenvalue weighted by Crippen LogP contribution is -2.47. The summed E-state index contributed by atoms with van der Waals surface area (Å²) in [7, 11) is 0. The van der Waals surface area contributed by atoms with E-state index in [1.165, 1.54) is 0 Å². The number of hydrogen-bond donors (Lipinski definition) is 3. The number of hydrogen-bond acceptors (Lipinski definition) is 5. The maximum atomic E-state index is 11.9. The second-order valence-corrected chi connectivity index (χ2v) is 7.04. The van der Waals surface area contributed by atoms with E-state index in [0.717, 1.165) is 24.3 Å². The van der Waals surface area contributed by atoms with Gasteiger partial charge in [-0.3, -0.25) is 14.9 Å². The van der Waals surface area contributed by atoms with Gasteiger partial charge in [-0.05, 0) is 33.1 Å². The molecular weight excluding hydrogens is 282 g/mol. The van der Waals surface area contributed by atoms with Gasteiger partial charge in [0, 0.05) is 13.1 Å². The van der Waals surface area contributed by atoms with Crippen molar-refractivity contribution in [1.82, 2.24) is 15.2 Å². The van der Waals surface area contributed by atoms with Crippen molar-refractivity contribution in [3.8, 4) is 0 Å². The lowest BCUT2D eigenvalue weighted by atomic mass is 9.89. The van der Waals surface area contributed by atoms with Gasteiger partial charge >= 0.3 is 0 Å². The van der Waals surface area contributed by atoms with E-state index in [1.54, 1.807) is 13.8 Å². The zero-order valence-electron chi connectivity index (χ0n) is 13.8. The first-order valence-electron chi connectivity index (χ1n) is 7.71. The highest BCUT2D eigenvalue weighted by atomic mass is 16.3. The zero-order valence-corrected chi connectivity index (χ0v) is 13.8. The fourth-order valence-corrected chi connectivity index (χ4v) is 3.13. The molecule has 1 aromatic heterocycles. The van der Waals surface area contributed by atoms with Crippen molar-refractivity contribution in [3.05, 3.63) is 11.9 Å². The van der Waals surface area contributed by atoms with Crippen LogP contribution >= 0.6 is 0 Å². The fraction of sp³-hybridized carbons (Fsp3) is 0.733. The summed E-state index contributed by atoms with van der Waals surface area (Å²) in [6, 6.07) is 0. The monoisotopic (exact) mass is 309 g/mol. The minimum absolute atomic E-state index is 0.106. The fourth-order valence-electron chi connectivity index (χ4n) is 3.13. The van der Waals surface area contributed by atoms with Crippen molar-refractivity contribution in [2.24, 2.45) is 17.7 Å². The van der Waals surface area contributed by atoms with E-state index >= 15 is 0 Å². The van der Waals surface area contributed by atoms with Crippen molar-refractivity contribution in [2.45, 2.75) is 46.3 Å². The van der Waals surface area contributed by atoms with Crippen LogP contribution in [0.5, 0.6) is 0 Å². The third-order valence-electron chi connectivity index (χ3n) is 4.13. The SMILES string of the molecule is Cc1c(N2C[C@@H](C)C[C@H](C(=O)NN)C2)cnn1CC(C)(C)O. The van der Waals surface area contributed by atoms with E-state index in [9.17, 15) is 9.90 Å². The summed E-state index contributed by atoms with van der Waals surface area (Å²) in [6.45, 7) is 9.63. The Bertz CT molecular complexity index is 535. The van der Waals surface area contributed by atoms with Gasteiger partial charge in [0.15, 0.2) is 0 Å². The molecule has 1 aromatic rings. The molecule has 1 saturated heterocycles. The van der Waals surface area contributed by atoms with E-state index in [-0.39, 0.29) is 11.8 Å². The first-order chi connectivity index (χ1) is 10.2. The van der Waals surface area contributed by atoms with Crippen LogP contribution in [0.4, 0.5) is 5.69 Å². The smallest absolute Gasteiger partial charge is 0.238 e. The highest BCUT2D eigenvalue weighted by Crippen LogP contribution is 2.29. The largest absolute Gasteiger partial charge is 0.389 e. The van der Waals surface area contributed by atoms with Crippen LogP contribution in [0.1, 0.15) is 32.9 Å². The molecule has 7 heteroatoms. The first kappa shape index (κ1) is 16.8. The van der Waals surface area contributed by atoms with Gasteiger partial charge in [-0.1, -0.05) is 6.92 Å². The Morgan fingerprint density at radius 2 is 2.23 bits per heavy atom. The van der Waals surface area contributed by atoms with E-state index < -0.39 is 5.60 Å². The number of nitrogens with zero attached hydrogens (tertiary/aromatic N) is 3. The second kappa shape index (κ2) is 6.26. The normalized spacial score (nSPS) is 22.7. The number of aliphatic hydroxyl groups is 1. The summed E-state index contributed by atoms with van der Waals surface area (Å²) in [6.07, 6.45) is 2.66. The molecule has 1 aliphatic rings. The predicted octanol–water partition coefficient (Wildman–Crippen LogP) is 0.415. The Balaban J connectivity index is 2.18. The first-order valence-corrected chi connectivity index (χ1v) is 7.71. The number of nitrogens with two attached hydrogens (primary N) is 1. The third kappa shape index (κ3) is 3.78. The number of amides is 1. The van der Waals surface area contributed by atoms with E-state index in [4.69, 9.17) is 5.84 Å². The average Bonchev–Trinajstić information content (AvgIpc) is 2.76. The minimum Gasteiger partial charge on any atom is -0.389 e. The van der Waals surface area contributed by atoms with Gasteiger partial charge in [0.05, 0.1) is 35.6 Å². The van der Waals surface area contributed by atoms with Crippen molar-refractivity contribution < 1.29 is 9.90 Å². The van der Waals surface area contributed by atoms with Gasteiger partial charge in [0.25, 0.3) is 0 Å². The standard InChI is InChI=1S/C15H27N5O2/c1-10-5-12(14(21)18-16)8-19(7-10)13-6-17-20(11(13)2)9-15(3,4)22/h6,10,12,22H,5,7-9,16H2,1-4H3,(H,18,21)/t10-,12-/m0/s1. The van der Waals surface area contributed by atoms with Crippen molar-refractivity contribution in [3.63, 3.8) is 0 Å². The van der Waals surface area contributed by atoms with Crippen LogP contribution in [-0.4, -0.2) is 39.5 Å². The van der Waals surface area contributed by atoms with Gasteiger partial charge in [-0.15, -0.1) is 0 Å². The number of aromatic nitrogens is 2.